The standard InChI is InChI=1S/C15H28ClN3/c1-6-9-17-14(12(7-2)8-3)15-13(16)10-18-19(15)11(4)5/h10-12,14,17H,6-9H2,1-5H3. The molecule has 0 saturated carbocycles. The Morgan fingerprint density at radius 3 is 2.37 bits per heavy atom. The summed E-state index contributed by atoms with van der Waals surface area (Å²) in [5.41, 5.74) is 1.15. The lowest BCUT2D eigenvalue weighted by Crippen LogP contribution is -2.31. The predicted molar refractivity (Wildman–Crippen MR) is 82.7 cm³/mol. The van der Waals surface area contributed by atoms with Crippen LogP contribution in [-0.4, -0.2) is 16.3 Å². The van der Waals surface area contributed by atoms with Gasteiger partial charge in [-0.2, -0.15) is 5.10 Å². The first-order valence-electron chi connectivity index (χ1n) is 7.52. The van der Waals surface area contributed by atoms with Crippen molar-refractivity contribution in [2.75, 3.05) is 6.54 Å². The van der Waals surface area contributed by atoms with E-state index >= 15 is 0 Å². The molecule has 3 nitrogen and oxygen atoms in total. The average Bonchev–Trinajstić information content (AvgIpc) is 2.76. The highest BCUT2D eigenvalue weighted by Crippen LogP contribution is 2.33. The van der Waals surface area contributed by atoms with Crippen LogP contribution in [0.4, 0.5) is 0 Å². The van der Waals surface area contributed by atoms with Crippen molar-refractivity contribution in [3.63, 3.8) is 0 Å². The monoisotopic (exact) mass is 285 g/mol. The second kappa shape index (κ2) is 7.91. The van der Waals surface area contributed by atoms with Crippen LogP contribution >= 0.6 is 11.6 Å². The van der Waals surface area contributed by atoms with E-state index in [2.05, 4.69) is 49.7 Å². The minimum atomic E-state index is 0.298. The van der Waals surface area contributed by atoms with Gasteiger partial charge in [-0.3, -0.25) is 4.68 Å². The van der Waals surface area contributed by atoms with Crippen molar-refractivity contribution in [2.45, 2.75) is 66.0 Å². The summed E-state index contributed by atoms with van der Waals surface area (Å²) in [6.45, 7) is 12.0. The largest absolute Gasteiger partial charge is 0.308 e. The number of hydrogen-bond donors (Lipinski definition) is 1. The summed E-state index contributed by atoms with van der Waals surface area (Å²) < 4.78 is 2.06. The first kappa shape index (κ1) is 16.5. The second-order valence-electron chi connectivity index (χ2n) is 5.42. The molecule has 0 fully saturated rings. The zero-order valence-corrected chi connectivity index (χ0v) is 13.7. The third-order valence-electron chi connectivity index (χ3n) is 3.71. The van der Waals surface area contributed by atoms with E-state index in [0.717, 1.165) is 36.5 Å². The van der Waals surface area contributed by atoms with Gasteiger partial charge in [0.15, 0.2) is 0 Å². The summed E-state index contributed by atoms with van der Waals surface area (Å²) in [7, 11) is 0. The van der Waals surface area contributed by atoms with Crippen molar-refractivity contribution in [3.05, 3.63) is 16.9 Å². The fraction of sp³-hybridized carbons (Fsp3) is 0.800. The molecule has 0 bridgehead atoms. The lowest BCUT2D eigenvalue weighted by molar-refractivity contribution is 0.316. The number of halogens is 1. The highest BCUT2D eigenvalue weighted by Gasteiger charge is 2.26. The van der Waals surface area contributed by atoms with Crippen LogP contribution in [0, 0.1) is 5.92 Å². The van der Waals surface area contributed by atoms with E-state index < -0.39 is 0 Å². The number of nitrogens with zero attached hydrogens (tertiary/aromatic N) is 2. The van der Waals surface area contributed by atoms with Gasteiger partial charge >= 0.3 is 0 Å². The fourth-order valence-corrected chi connectivity index (χ4v) is 2.85. The number of hydrogen-bond acceptors (Lipinski definition) is 2. The van der Waals surface area contributed by atoms with Crippen LogP contribution in [0.2, 0.25) is 5.02 Å². The van der Waals surface area contributed by atoms with Crippen LogP contribution in [0.1, 0.15) is 71.7 Å². The van der Waals surface area contributed by atoms with Crippen molar-refractivity contribution in [3.8, 4) is 0 Å². The molecule has 1 aromatic heterocycles. The highest BCUT2D eigenvalue weighted by molar-refractivity contribution is 6.31. The molecule has 1 unspecified atom stereocenters. The van der Waals surface area contributed by atoms with Gasteiger partial charge in [0.2, 0.25) is 0 Å². The van der Waals surface area contributed by atoms with Gasteiger partial charge in [-0.1, -0.05) is 45.2 Å². The molecule has 0 amide bonds. The van der Waals surface area contributed by atoms with Crippen molar-refractivity contribution >= 4 is 11.6 Å². The van der Waals surface area contributed by atoms with Crippen LogP contribution in [0.25, 0.3) is 0 Å². The maximum Gasteiger partial charge on any atom is 0.0834 e. The molecular formula is C15H28ClN3. The molecule has 0 radical (unpaired) electrons. The van der Waals surface area contributed by atoms with Gasteiger partial charge in [0.05, 0.1) is 23.0 Å². The van der Waals surface area contributed by atoms with Gasteiger partial charge in [-0.25, -0.2) is 0 Å². The van der Waals surface area contributed by atoms with E-state index in [9.17, 15) is 0 Å². The SMILES string of the molecule is CCCNC(c1c(Cl)cnn1C(C)C)C(CC)CC. The van der Waals surface area contributed by atoms with Crippen LogP contribution in [0.15, 0.2) is 6.20 Å². The van der Waals surface area contributed by atoms with Crippen molar-refractivity contribution < 1.29 is 0 Å². The quantitative estimate of drug-likeness (QED) is 0.757. The lowest BCUT2D eigenvalue weighted by Gasteiger charge is -2.28. The Morgan fingerprint density at radius 2 is 1.89 bits per heavy atom. The van der Waals surface area contributed by atoms with Gasteiger partial charge in [0, 0.05) is 6.04 Å². The molecule has 4 heteroatoms. The first-order valence-corrected chi connectivity index (χ1v) is 7.90. The van der Waals surface area contributed by atoms with Gasteiger partial charge < -0.3 is 5.32 Å². The van der Waals surface area contributed by atoms with Crippen molar-refractivity contribution in [1.29, 1.82) is 0 Å². The third kappa shape index (κ3) is 3.96. The molecule has 0 saturated heterocycles. The molecule has 1 atom stereocenters. The Balaban J connectivity index is 3.11. The number of aromatic nitrogens is 2. The van der Waals surface area contributed by atoms with Crippen LogP contribution in [0.3, 0.4) is 0 Å². The predicted octanol–water partition coefficient (Wildman–Crippen LogP) is 4.59. The molecule has 1 heterocycles. The summed E-state index contributed by atoms with van der Waals surface area (Å²) in [5.74, 6) is 0.596. The molecule has 0 spiro atoms. The average molecular weight is 286 g/mol. The lowest BCUT2D eigenvalue weighted by atomic mass is 9.91. The van der Waals surface area contributed by atoms with E-state index in [1.54, 1.807) is 6.20 Å². The minimum absolute atomic E-state index is 0.298. The first-order chi connectivity index (χ1) is 9.06. The molecule has 1 N–H and O–H groups in total. The topological polar surface area (TPSA) is 29.9 Å². The van der Waals surface area contributed by atoms with E-state index in [1.165, 1.54) is 0 Å². The third-order valence-corrected chi connectivity index (χ3v) is 4.00. The second-order valence-corrected chi connectivity index (χ2v) is 5.83. The van der Waals surface area contributed by atoms with Crippen LogP contribution < -0.4 is 5.32 Å². The summed E-state index contributed by atoms with van der Waals surface area (Å²) in [5, 5.41) is 8.89. The summed E-state index contributed by atoms with van der Waals surface area (Å²) >= 11 is 6.40. The van der Waals surface area contributed by atoms with Crippen molar-refractivity contribution in [1.82, 2.24) is 15.1 Å². The fourth-order valence-electron chi connectivity index (χ4n) is 2.60. The Hall–Kier alpha value is -0.540. The summed E-state index contributed by atoms with van der Waals surface area (Å²) in [6.07, 6.45) is 5.21. The van der Waals surface area contributed by atoms with E-state index in [-0.39, 0.29) is 0 Å². The summed E-state index contributed by atoms with van der Waals surface area (Å²) in [6, 6.07) is 0.634. The minimum Gasteiger partial charge on any atom is -0.308 e. The van der Waals surface area contributed by atoms with Crippen LogP contribution in [0.5, 0.6) is 0 Å². The molecule has 19 heavy (non-hydrogen) atoms. The zero-order valence-electron chi connectivity index (χ0n) is 12.9. The summed E-state index contributed by atoms with van der Waals surface area (Å²) in [4.78, 5) is 0. The normalized spacial score (nSPS) is 13.5. The molecule has 0 aliphatic carbocycles. The maximum atomic E-state index is 6.40. The Morgan fingerprint density at radius 1 is 1.26 bits per heavy atom. The number of rotatable bonds is 8. The molecule has 0 aliphatic rings. The van der Waals surface area contributed by atoms with E-state index in [1.807, 2.05) is 0 Å². The van der Waals surface area contributed by atoms with E-state index in [0.29, 0.717) is 18.0 Å². The Bertz CT molecular complexity index is 369. The Kier molecular flexibility index (Phi) is 6.87. The smallest absolute Gasteiger partial charge is 0.0834 e. The maximum absolute atomic E-state index is 6.40. The zero-order chi connectivity index (χ0) is 14.4. The molecular weight excluding hydrogens is 258 g/mol. The molecule has 1 rings (SSSR count). The molecule has 0 aromatic carbocycles. The molecule has 0 aliphatic heterocycles. The Labute approximate surface area is 122 Å². The molecule has 110 valence electrons. The van der Waals surface area contributed by atoms with Crippen molar-refractivity contribution in [2.24, 2.45) is 5.92 Å². The van der Waals surface area contributed by atoms with Gasteiger partial charge in [0.25, 0.3) is 0 Å². The molecule has 1 aromatic rings. The van der Waals surface area contributed by atoms with Crippen LogP contribution in [-0.2, 0) is 0 Å². The number of nitrogens with one attached hydrogen (secondary N) is 1. The van der Waals surface area contributed by atoms with Gasteiger partial charge in [0.1, 0.15) is 0 Å². The van der Waals surface area contributed by atoms with E-state index in [4.69, 9.17) is 11.6 Å². The van der Waals surface area contributed by atoms with Gasteiger partial charge in [-0.05, 0) is 32.7 Å². The highest BCUT2D eigenvalue weighted by atomic mass is 35.5. The van der Waals surface area contributed by atoms with Gasteiger partial charge in [-0.15, -0.1) is 0 Å².